The SMILES string of the molecule is CCc1nn(C)c(CC(NN)C2COC(C)C2)c1Br. The van der Waals surface area contributed by atoms with Crippen LogP contribution in [0.1, 0.15) is 31.7 Å². The molecule has 0 bridgehead atoms. The predicted octanol–water partition coefficient (Wildman–Crippen LogP) is 1.54. The van der Waals surface area contributed by atoms with Crippen LogP contribution in [0.3, 0.4) is 0 Å². The molecule has 5 nitrogen and oxygen atoms in total. The lowest BCUT2D eigenvalue weighted by Gasteiger charge is -2.21. The summed E-state index contributed by atoms with van der Waals surface area (Å²) in [5.74, 6) is 6.20. The lowest BCUT2D eigenvalue weighted by Crippen LogP contribution is -2.43. The molecule has 108 valence electrons. The van der Waals surface area contributed by atoms with E-state index < -0.39 is 0 Å². The monoisotopic (exact) mass is 330 g/mol. The minimum absolute atomic E-state index is 0.223. The smallest absolute Gasteiger partial charge is 0.0766 e. The fraction of sp³-hybridized carbons (Fsp3) is 0.769. The van der Waals surface area contributed by atoms with Gasteiger partial charge in [0.15, 0.2) is 0 Å². The van der Waals surface area contributed by atoms with E-state index >= 15 is 0 Å². The van der Waals surface area contributed by atoms with Crippen molar-refractivity contribution in [3.63, 3.8) is 0 Å². The maximum atomic E-state index is 5.73. The quantitative estimate of drug-likeness (QED) is 0.635. The number of nitrogens with one attached hydrogen (secondary N) is 1. The number of nitrogens with zero attached hydrogens (tertiary/aromatic N) is 2. The van der Waals surface area contributed by atoms with Crippen LogP contribution in [0.2, 0.25) is 0 Å². The van der Waals surface area contributed by atoms with Gasteiger partial charge in [0, 0.05) is 25.4 Å². The molecule has 3 atom stereocenters. The van der Waals surface area contributed by atoms with Gasteiger partial charge in [-0.25, -0.2) is 0 Å². The lowest BCUT2D eigenvalue weighted by atomic mass is 9.93. The average Bonchev–Trinajstić information content (AvgIpc) is 2.92. The lowest BCUT2D eigenvalue weighted by molar-refractivity contribution is 0.116. The minimum Gasteiger partial charge on any atom is -0.378 e. The molecule has 1 aromatic heterocycles. The largest absolute Gasteiger partial charge is 0.378 e. The Morgan fingerprint density at radius 3 is 2.84 bits per heavy atom. The van der Waals surface area contributed by atoms with Crippen LogP contribution in [0.5, 0.6) is 0 Å². The van der Waals surface area contributed by atoms with Crippen molar-refractivity contribution in [3.05, 3.63) is 15.9 Å². The summed E-state index contributed by atoms with van der Waals surface area (Å²) in [5, 5.41) is 4.53. The van der Waals surface area contributed by atoms with E-state index in [1.165, 1.54) is 5.69 Å². The van der Waals surface area contributed by atoms with E-state index in [1.807, 2.05) is 11.7 Å². The van der Waals surface area contributed by atoms with Gasteiger partial charge in [0.05, 0.1) is 28.6 Å². The molecule has 0 saturated carbocycles. The number of rotatable bonds is 5. The summed E-state index contributed by atoms with van der Waals surface area (Å²) in [6, 6.07) is 0.223. The van der Waals surface area contributed by atoms with E-state index in [9.17, 15) is 0 Å². The molecule has 1 aliphatic heterocycles. The van der Waals surface area contributed by atoms with Crippen LogP contribution in [0.15, 0.2) is 4.47 Å². The standard InChI is InChI=1S/C13H23BrN4O/c1-4-10-13(14)12(18(3)17-10)6-11(16-15)9-5-8(2)19-7-9/h8-9,11,16H,4-7,15H2,1-3H3. The zero-order valence-corrected chi connectivity index (χ0v) is 13.4. The first-order chi connectivity index (χ1) is 9.06. The highest BCUT2D eigenvalue weighted by molar-refractivity contribution is 9.10. The second kappa shape index (κ2) is 6.35. The Hall–Kier alpha value is -0.430. The van der Waals surface area contributed by atoms with Gasteiger partial charge in [-0.2, -0.15) is 5.10 Å². The van der Waals surface area contributed by atoms with Gasteiger partial charge in [0.2, 0.25) is 0 Å². The molecule has 1 aliphatic rings. The van der Waals surface area contributed by atoms with Gasteiger partial charge in [-0.1, -0.05) is 6.92 Å². The van der Waals surface area contributed by atoms with Gasteiger partial charge in [-0.15, -0.1) is 0 Å². The number of hydrazine groups is 1. The van der Waals surface area contributed by atoms with Crippen molar-refractivity contribution < 1.29 is 4.74 Å². The van der Waals surface area contributed by atoms with Crippen molar-refractivity contribution in [2.75, 3.05) is 6.61 Å². The van der Waals surface area contributed by atoms with Gasteiger partial charge in [-0.05, 0) is 35.7 Å². The fourth-order valence-corrected chi connectivity index (χ4v) is 3.52. The van der Waals surface area contributed by atoms with E-state index in [4.69, 9.17) is 10.6 Å². The molecule has 3 unspecified atom stereocenters. The van der Waals surface area contributed by atoms with Crippen LogP contribution >= 0.6 is 15.9 Å². The summed E-state index contributed by atoms with van der Waals surface area (Å²) in [5.41, 5.74) is 5.25. The Morgan fingerprint density at radius 2 is 2.37 bits per heavy atom. The van der Waals surface area contributed by atoms with Gasteiger partial charge < -0.3 is 4.74 Å². The zero-order chi connectivity index (χ0) is 14.0. The van der Waals surface area contributed by atoms with Gasteiger partial charge in [0.1, 0.15) is 0 Å². The third-order valence-electron chi connectivity index (χ3n) is 3.93. The number of aryl methyl sites for hydroxylation is 2. The summed E-state index contributed by atoms with van der Waals surface area (Å²) >= 11 is 3.66. The van der Waals surface area contributed by atoms with Crippen LogP contribution < -0.4 is 11.3 Å². The topological polar surface area (TPSA) is 65.1 Å². The number of halogens is 1. The van der Waals surface area contributed by atoms with Crippen molar-refractivity contribution in [2.24, 2.45) is 18.8 Å². The normalized spacial score (nSPS) is 24.9. The molecule has 1 saturated heterocycles. The average molecular weight is 331 g/mol. The molecule has 1 aromatic rings. The Bertz CT molecular complexity index is 435. The highest BCUT2D eigenvalue weighted by Crippen LogP contribution is 2.27. The van der Waals surface area contributed by atoms with Crippen molar-refractivity contribution in [2.45, 2.75) is 45.3 Å². The Morgan fingerprint density at radius 1 is 1.63 bits per heavy atom. The molecule has 0 amide bonds. The summed E-state index contributed by atoms with van der Waals surface area (Å²) in [7, 11) is 1.99. The second-order valence-corrected chi connectivity index (χ2v) is 6.09. The summed E-state index contributed by atoms with van der Waals surface area (Å²) in [6.07, 6.45) is 3.19. The van der Waals surface area contributed by atoms with Crippen LogP contribution in [0, 0.1) is 5.92 Å². The van der Waals surface area contributed by atoms with Crippen molar-refractivity contribution in [1.82, 2.24) is 15.2 Å². The summed E-state index contributed by atoms with van der Waals surface area (Å²) < 4.78 is 8.71. The third kappa shape index (κ3) is 3.18. The molecule has 0 radical (unpaired) electrons. The predicted molar refractivity (Wildman–Crippen MR) is 78.6 cm³/mol. The molecule has 6 heteroatoms. The van der Waals surface area contributed by atoms with Crippen LogP contribution in [-0.2, 0) is 24.6 Å². The molecule has 0 spiro atoms. The molecule has 19 heavy (non-hydrogen) atoms. The van der Waals surface area contributed by atoms with Crippen LogP contribution in [-0.4, -0.2) is 28.5 Å². The first-order valence-corrected chi connectivity index (χ1v) is 7.64. The zero-order valence-electron chi connectivity index (χ0n) is 11.8. The van der Waals surface area contributed by atoms with E-state index in [0.717, 1.165) is 36.0 Å². The molecular weight excluding hydrogens is 308 g/mol. The van der Waals surface area contributed by atoms with E-state index in [1.54, 1.807) is 0 Å². The molecule has 0 aromatic carbocycles. The van der Waals surface area contributed by atoms with E-state index in [2.05, 4.69) is 40.3 Å². The number of hydrogen-bond acceptors (Lipinski definition) is 4. The highest BCUT2D eigenvalue weighted by atomic mass is 79.9. The molecule has 1 fully saturated rings. The maximum Gasteiger partial charge on any atom is 0.0766 e. The highest BCUT2D eigenvalue weighted by Gasteiger charge is 2.30. The summed E-state index contributed by atoms with van der Waals surface area (Å²) in [4.78, 5) is 0. The Balaban J connectivity index is 2.12. The van der Waals surface area contributed by atoms with Crippen LogP contribution in [0.4, 0.5) is 0 Å². The van der Waals surface area contributed by atoms with Gasteiger partial charge >= 0.3 is 0 Å². The molecule has 2 heterocycles. The molecule has 3 N–H and O–H groups in total. The number of ether oxygens (including phenoxy) is 1. The molecular formula is C13H23BrN4O. The number of aromatic nitrogens is 2. The van der Waals surface area contributed by atoms with Crippen molar-refractivity contribution >= 4 is 15.9 Å². The molecule has 0 aliphatic carbocycles. The first kappa shape index (κ1) is 15.0. The fourth-order valence-electron chi connectivity index (χ4n) is 2.74. The van der Waals surface area contributed by atoms with Crippen molar-refractivity contribution in [3.8, 4) is 0 Å². The third-order valence-corrected chi connectivity index (χ3v) is 4.84. The molecule has 2 rings (SSSR count). The van der Waals surface area contributed by atoms with E-state index in [0.29, 0.717) is 12.0 Å². The van der Waals surface area contributed by atoms with Crippen LogP contribution in [0.25, 0.3) is 0 Å². The second-order valence-electron chi connectivity index (χ2n) is 5.30. The number of hydrogen-bond donors (Lipinski definition) is 2. The Labute approximate surface area is 123 Å². The van der Waals surface area contributed by atoms with Gasteiger partial charge in [-0.3, -0.25) is 16.0 Å². The van der Waals surface area contributed by atoms with Crippen molar-refractivity contribution in [1.29, 1.82) is 0 Å². The maximum absolute atomic E-state index is 5.73. The minimum atomic E-state index is 0.223. The number of nitrogens with two attached hydrogens (primary N) is 1. The summed E-state index contributed by atoms with van der Waals surface area (Å²) in [6.45, 7) is 5.01. The van der Waals surface area contributed by atoms with E-state index in [-0.39, 0.29) is 6.04 Å². The first-order valence-electron chi connectivity index (χ1n) is 6.84. The van der Waals surface area contributed by atoms with Gasteiger partial charge in [0.25, 0.3) is 0 Å². The Kier molecular flexibility index (Phi) is 5.00.